The van der Waals surface area contributed by atoms with Crippen LogP contribution < -0.4 is 5.32 Å². The van der Waals surface area contributed by atoms with Crippen molar-refractivity contribution in [3.05, 3.63) is 12.2 Å². The van der Waals surface area contributed by atoms with Crippen molar-refractivity contribution in [1.29, 1.82) is 0 Å². The van der Waals surface area contributed by atoms with Gasteiger partial charge in [0.15, 0.2) is 0 Å². The van der Waals surface area contributed by atoms with Gasteiger partial charge in [0.05, 0.1) is 6.54 Å². The second-order valence-corrected chi connectivity index (χ2v) is 7.27. The molecule has 0 aromatic rings. The largest absolute Gasteiger partial charge is 0.444 e. The van der Waals surface area contributed by atoms with Gasteiger partial charge in [-0.25, -0.2) is 4.79 Å². The Labute approximate surface area is 143 Å². The summed E-state index contributed by atoms with van der Waals surface area (Å²) in [6, 6.07) is -0.561. The van der Waals surface area contributed by atoms with E-state index in [9.17, 15) is 14.4 Å². The number of fused-ring (bicyclic) bond motifs is 1. The molecule has 7 nitrogen and oxygen atoms in total. The Kier molecular flexibility index (Phi) is 5.51. The SMILES string of the molecule is CNC(=O)CN1C/C=C\C[C@H]2CCN(C(=O)OC(C)(C)C)[C@@H]2C1=O. The number of amides is 3. The topological polar surface area (TPSA) is 79.0 Å². The third kappa shape index (κ3) is 4.27. The third-order valence-electron chi connectivity index (χ3n) is 4.26. The number of hydrogen-bond acceptors (Lipinski definition) is 4. The van der Waals surface area contributed by atoms with Gasteiger partial charge in [-0.2, -0.15) is 0 Å². The minimum Gasteiger partial charge on any atom is -0.444 e. The summed E-state index contributed by atoms with van der Waals surface area (Å²) >= 11 is 0. The number of carbonyl (C=O) groups is 3. The monoisotopic (exact) mass is 337 g/mol. The molecule has 0 aromatic carbocycles. The predicted octanol–water partition coefficient (Wildman–Crippen LogP) is 1.15. The number of likely N-dealkylation sites (tertiary alicyclic amines) is 1. The molecule has 2 atom stereocenters. The quantitative estimate of drug-likeness (QED) is 0.767. The molecular weight excluding hydrogens is 310 g/mol. The Balaban J connectivity index is 2.20. The molecule has 0 spiro atoms. The summed E-state index contributed by atoms with van der Waals surface area (Å²) in [4.78, 5) is 40.2. The van der Waals surface area contributed by atoms with E-state index in [4.69, 9.17) is 4.74 Å². The van der Waals surface area contributed by atoms with Crippen molar-refractivity contribution in [3.8, 4) is 0 Å². The van der Waals surface area contributed by atoms with Gasteiger partial charge in [0, 0.05) is 20.1 Å². The van der Waals surface area contributed by atoms with Crippen LogP contribution in [-0.2, 0) is 14.3 Å². The second-order valence-electron chi connectivity index (χ2n) is 7.27. The number of nitrogens with zero attached hydrogens (tertiary/aromatic N) is 2. The number of allylic oxidation sites excluding steroid dienone is 1. The average Bonchev–Trinajstić information content (AvgIpc) is 2.89. The lowest BCUT2D eigenvalue weighted by Gasteiger charge is -2.34. The van der Waals surface area contributed by atoms with Crippen LogP contribution >= 0.6 is 0 Å². The highest BCUT2D eigenvalue weighted by atomic mass is 16.6. The highest BCUT2D eigenvalue weighted by molar-refractivity contribution is 5.90. The summed E-state index contributed by atoms with van der Waals surface area (Å²) in [5.74, 6) is -0.347. The van der Waals surface area contributed by atoms with Gasteiger partial charge < -0.3 is 15.0 Å². The Morgan fingerprint density at radius 3 is 2.67 bits per heavy atom. The summed E-state index contributed by atoms with van der Waals surface area (Å²) < 4.78 is 5.45. The number of nitrogens with one attached hydrogen (secondary N) is 1. The van der Waals surface area contributed by atoms with Crippen LogP contribution in [-0.4, -0.2) is 66.0 Å². The fourth-order valence-electron chi connectivity index (χ4n) is 3.11. The molecule has 2 aliphatic heterocycles. The first-order chi connectivity index (χ1) is 11.2. The summed E-state index contributed by atoms with van der Waals surface area (Å²) in [6.07, 6.45) is 4.98. The minimum absolute atomic E-state index is 0.00888. The van der Waals surface area contributed by atoms with Gasteiger partial charge in [-0.1, -0.05) is 12.2 Å². The van der Waals surface area contributed by atoms with E-state index in [-0.39, 0.29) is 24.3 Å². The van der Waals surface area contributed by atoms with E-state index in [1.165, 1.54) is 16.8 Å². The maximum atomic E-state index is 13.0. The van der Waals surface area contributed by atoms with Crippen LogP contribution in [0, 0.1) is 5.92 Å². The first-order valence-corrected chi connectivity index (χ1v) is 8.37. The van der Waals surface area contributed by atoms with Crippen molar-refractivity contribution in [2.75, 3.05) is 26.7 Å². The van der Waals surface area contributed by atoms with Crippen molar-refractivity contribution in [1.82, 2.24) is 15.1 Å². The molecule has 0 unspecified atom stereocenters. The van der Waals surface area contributed by atoms with Crippen LogP contribution in [0.1, 0.15) is 33.6 Å². The average molecular weight is 337 g/mol. The summed E-state index contributed by atoms with van der Waals surface area (Å²) in [5, 5.41) is 2.53. The van der Waals surface area contributed by atoms with Crippen LogP contribution in [0.4, 0.5) is 4.79 Å². The molecular formula is C17H27N3O4. The standard InChI is InChI=1S/C17H27N3O4/c1-17(2,3)24-16(23)20-10-8-12-7-5-6-9-19(11-13(21)18-4)15(22)14(12)20/h5-6,12,14H,7-11H2,1-4H3,(H,18,21)/b6-5-/t12-,14-/m0/s1. The predicted molar refractivity (Wildman–Crippen MR) is 89.2 cm³/mol. The molecule has 1 fully saturated rings. The lowest BCUT2D eigenvalue weighted by molar-refractivity contribution is -0.140. The number of likely N-dealkylation sites (N-methyl/N-ethyl adjacent to an activating group) is 1. The highest BCUT2D eigenvalue weighted by Gasteiger charge is 2.45. The molecule has 0 saturated carbocycles. The van der Waals surface area contributed by atoms with Gasteiger partial charge in [-0.05, 0) is 39.5 Å². The summed E-state index contributed by atoms with van der Waals surface area (Å²) in [5.41, 5.74) is -0.610. The Morgan fingerprint density at radius 1 is 1.33 bits per heavy atom. The van der Waals surface area contributed by atoms with Crippen LogP contribution in [0.5, 0.6) is 0 Å². The van der Waals surface area contributed by atoms with Crippen LogP contribution in [0.2, 0.25) is 0 Å². The molecule has 0 aromatic heterocycles. The molecule has 2 heterocycles. The number of hydrogen-bond donors (Lipinski definition) is 1. The van der Waals surface area contributed by atoms with Gasteiger partial charge in [0.25, 0.3) is 0 Å². The zero-order chi connectivity index (χ0) is 17.9. The molecule has 2 rings (SSSR count). The summed E-state index contributed by atoms with van der Waals surface area (Å²) in [6.45, 7) is 6.28. The van der Waals surface area contributed by atoms with Crippen LogP contribution in [0.3, 0.4) is 0 Å². The van der Waals surface area contributed by atoms with Gasteiger partial charge >= 0.3 is 6.09 Å². The Bertz CT molecular complexity index is 538. The summed E-state index contributed by atoms with van der Waals surface area (Å²) in [7, 11) is 1.54. The van der Waals surface area contributed by atoms with Gasteiger partial charge in [0.2, 0.25) is 11.8 Å². The highest BCUT2D eigenvalue weighted by Crippen LogP contribution is 2.31. The van der Waals surface area contributed by atoms with Crippen molar-refractivity contribution in [3.63, 3.8) is 0 Å². The molecule has 134 valence electrons. The minimum atomic E-state index is -0.610. The van der Waals surface area contributed by atoms with E-state index < -0.39 is 17.7 Å². The number of ether oxygens (including phenoxy) is 1. The van der Waals surface area contributed by atoms with Crippen LogP contribution in [0.25, 0.3) is 0 Å². The maximum Gasteiger partial charge on any atom is 0.410 e. The molecule has 24 heavy (non-hydrogen) atoms. The van der Waals surface area contributed by atoms with E-state index in [1.807, 2.05) is 12.2 Å². The van der Waals surface area contributed by atoms with E-state index in [2.05, 4.69) is 5.32 Å². The van der Waals surface area contributed by atoms with Crippen molar-refractivity contribution >= 4 is 17.9 Å². The number of carbonyl (C=O) groups excluding carboxylic acids is 3. The molecule has 2 aliphatic rings. The van der Waals surface area contributed by atoms with E-state index in [0.717, 1.165) is 12.8 Å². The van der Waals surface area contributed by atoms with Gasteiger partial charge in [-0.15, -0.1) is 0 Å². The fourth-order valence-corrected chi connectivity index (χ4v) is 3.11. The smallest absolute Gasteiger partial charge is 0.410 e. The second kappa shape index (κ2) is 7.23. The Hall–Kier alpha value is -2.05. The van der Waals surface area contributed by atoms with E-state index in [1.54, 1.807) is 20.8 Å². The van der Waals surface area contributed by atoms with E-state index in [0.29, 0.717) is 13.1 Å². The first kappa shape index (κ1) is 18.3. The molecule has 1 N–H and O–H groups in total. The maximum absolute atomic E-state index is 13.0. The lowest BCUT2D eigenvalue weighted by atomic mass is 9.94. The Morgan fingerprint density at radius 2 is 2.04 bits per heavy atom. The third-order valence-corrected chi connectivity index (χ3v) is 4.26. The van der Waals surface area contributed by atoms with Gasteiger partial charge in [-0.3, -0.25) is 14.5 Å². The molecule has 1 saturated heterocycles. The molecule has 0 radical (unpaired) electrons. The molecule has 7 heteroatoms. The van der Waals surface area contributed by atoms with Crippen molar-refractivity contribution < 1.29 is 19.1 Å². The van der Waals surface area contributed by atoms with Crippen molar-refractivity contribution in [2.24, 2.45) is 5.92 Å². The molecule has 3 amide bonds. The first-order valence-electron chi connectivity index (χ1n) is 8.37. The zero-order valence-electron chi connectivity index (χ0n) is 14.9. The normalized spacial score (nSPS) is 25.6. The van der Waals surface area contributed by atoms with Crippen molar-refractivity contribution in [2.45, 2.75) is 45.3 Å². The fraction of sp³-hybridized carbons (Fsp3) is 0.706. The number of rotatable bonds is 2. The lowest BCUT2D eigenvalue weighted by Crippen LogP contribution is -2.53. The van der Waals surface area contributed by atoms with Crippen LogP contribution in [0.15, 0.2) is 12.2 Å². The molecule has 0 bridgehead atoms. The molecule has 0 aliphatic carbocycles. The zero-order valence-corrected chi connectivity index (χ0v) is 14.9. The van der Waals surface area contributed by atoms with E-state index >= 15 is 0 Å². The van der Waals surface area contributed by atoms with Gasteiger partial charge in [0.1, 0.15) is 11.6 Å².